The van der Waals surface area contributed by atoms with Crippen LogP contribution in [0.3, 0.4) is 0 Å². The molecule has 0 bridgehead atoms. The zero-order valence-corrected chi connectivity index (χ0v) is 9.60. The molecule has 1 aromatic carbocycles. The van der Waals surface area contributed by atoms with Crippen molar-refractivity contribution in [1.29, 1.82) is 0 Å². The minimum Gasteiger partial charge on any atom is -0.465 e. The molecule has 17 heavy (non-hydrogen) atoms. The number of carbonyl (C=O) groups excluding carboxylic acids is 2. The molecule has 0 amide bonds. The predicted molar refractivity (Wildman–Crippen MR) is 62.9 cm³/mol. The first-order valence-electron chi connectivity index (χ1n) is 4.82. The molecule has 0 unspecified atom stereocenters. The second-order valence-corrected chi connectivity index (χ2v) is 3.21. The van der Waals surface area contributed by atoms with Gasteiger partial charge < -0.3 is 15.2 Å². The van der Waals surface area contributed by atoms with Crippen molar-refractivity contribution in [2.75, 3.05) is 20.0 Å². The van der Waals surface area contributed by atoms with E-state index in [1.165, 1.54) is 20.3 Å². The van der Waals surface area contributed by atoms with E-state index in [1.807, 2.05) is 0 Å². The van der Waals surface area contributed by atoms with Gasteiger partial charge in [0.15, 0.2) is 0 Å². The van der Waals surface area contributed by atoms with E-state index >= 15 is 0 Å². The summed E-state index contributed by atoms with van der Waals surface area (Å²) in [6, 6.07) is 6.69. The van der Waals surface area contributed by atoms with Crippen LogP contribution in [0.25, 0.3) is 6.08 Å². The number of nitrogen functional groups attached to an aromatic ring is 1. The lowest BCUT2D eigenvalue weighted by atomic mass is 10.1. The van der Waals surface area contributed by atoms with E-state index in [2.05, 4.69) is 9.47 Å². The van der Waals surface area contributed by atoms with Gasteiger partial charge >= 0.3 is 11.9 Å². The van der Waals surface area contributed by atoms with Crippen LogP contribution < -0.4 is 5.73 Å². The first kappa shape index (κ1) is 12.8. The van der Waals surface area contributed by atoms with Crippen LogP contribution in [-0.2, 0) is 19.1 Å². The van der Waals surface area contributed by atoms with Crippen LogP contribution in [0, 0.1) is 0 Å². The zero-order valence-electron chi connectivity index (χ0n) is 9.60. The fraction of sp³-hybridized carbons (Fsp3) is 0.167. The van der Waals surface area contributed by atoms with Gasteiger partial charge in [-0.25, -0.2) is 9.59 Å². The van der Waals surface area contributed by atoms with Gasteiger partial charge in [-0.2, -0.15) is 0 Å². The average Bonchev–Trinajstić information content (AvgIpc) is 2.36. The van der Waals surface area contributed by atoms with Crippen molar-refractivity contribution >= 4 is 23.7 Å². The summed E-state index contributed by atoms with van der Waals surface area (Å²) in [7, 11) is 2.39. The molecule has 0 radical (unpaired) electrons. The highest BCUT2D eigenvalue weighted by Gasteiger charge is 2.19. The van der Waals surface area contributed by atoms with Gasteiger partial charge in [0.25, 0.3) is 0 Å². The number of anilines is 1. The number of hydrogen-bond donors (Lipinski definition) is 1. The smallest absolute Gasteiger partial charge is 0.345 e. The molecule has 1 rings (SSSR count). The second kappa shape index (κ2) is 5.69. The normalized spacial score (nSPS) is 9.29. The Labute approximate surface area is 98.8 Å². The first-order valence-corrected chi connectivity index (χ1v) is 4.82. The summed E-state index contributed by atoms with van der Waals surface area (Å²) in [5, 5.41) is 0. The Balaban J connectivity index is 3.09. The van der Waals surface area contributed by atoms with E-state index in [1.54, 1.807) is 24.3 Å². The number of rotatable bonds is 3. The fourth-order valence-electron chi connectivity index (χ4n) is 1.18. The molecular weight excluding hydrogens is 222 g/mol. The number of hydrogen-bond acceptors (Lipinski definition) is 5. The molecule has 0 aliphatic heterocycles. The molecule has 90 valence electrons. The lowest BCUT2D eigenvalue weighted by Gasteiger charge is -2.03. The SMILES string of the molecule is COC(=O)C(=Cc1ccc(N)cc1)C(=O)OC. The summed E-state index contributed by atoms with van der Waals surface area (Å²) in [4.78, 5) is 22.7. The third-order valence-electron chi connectivity index (χ3n) is 2.06. The highest BCUT2D eigenvalue weighted by atomic mass is 16.5. The second-order valence-electron chi connectivity index (χ2n) is 3.21. The summed E-state index contributed by atoms with van der Waals surface area (Å²) < 4.78 is 9.00. The number of methoxy groups -OCH3 is 2. The number of nitrogens with two attached hydrogens (primary N) is 1. The molecule has 5 nitrogen and oxygen atoms in total. The first-order chi connectivity index (χ1) is 8.08. The summed E-state index contributed by atoms with van der Waals surface area (Å²) in [5.74, 6) is -1.48. The van der Waals surface area contributed by atoms with Gasteiger partial charge in [0.05, 0.1) is 14.2 Å². The number of ether oxygens (including phenoxy) is 2. The Hall–Kier alpha value is -2.30. The molecule has 2 N–H and O–H groups in total. The van der Waals surface area contributed by atoms with Crippen molar-refractivity contribution in [3.63, 3.8) is 0 Å². The summed E-state index contributed by atoms with van der Waals surface area (Å²) >= 11 is 0. The lowest BCUT2D eigenvalue weighted by Crippen LogP contribution is -2.15. The zero-order chi connectivity index (χ0) is 12.8. The largest absolute Gasteiger partial charge is 0.465 e. The van der Waals surface area contributed by atoms with E-state index in [-0.39, 0.29) is 5.57 Å². The maximum absolute atomic E-state index is 11.4. The van der Waals surface area contributed by atoms with Crippen LogP contribution in [0.5, 0.6) is 0 Å². The molecule has 0 fully saturated rings. The van der Waals surface area contributed by atoms with Crippen molar-refractivity contribution < 1.29 is 19.1 Å². The molecule has 5 heteroatoms. The third kappa shape index (κ3) is 3.34. The maximum Gasteiger partial charge on any atom is 0.345 e. The van der Waals surface area contributed by atoms with Crippen LogP contribution >= 0.6 is 0 Å². The summed E-state index contributed by atoms with van der Waals surface area (Å²) in [6.07, 6.45) is 1.39. The van der Waals surface area contributed by atoms with E-state index in [0.29, 0.717) is 11.3 Å². The van der Waals surface area contributed by atoms with Crippen molar-refractivity contribution in [2.45, 2.75) is 0 Å². The Kier molecular flexibility index (Phi) is 4.28. The van der Waals surface area contributed by atoms with Gasteiger partial charge in [0.1, 0.15) is 5.57 Å². The topological polar surface area (TPSA) is 78.6 Å². The van der Waals surface area contributed by atoms with Crippen molar-refractivity contribution in [3.05, 3.63) is 35.4 Å². The quantitative estimate of drug-likeness (QED) is 0.278. The molecule has 0 aliphatic carbocycles. The molecule has 0 aliphatic rings. The van der Waals surface area contributed by atoms with Crippen molar-refractivity contribution in [3.8, 4) is 0 Å². The standard InChI is InChI=1S/C12H13NO4/c1-16-11(14)10(12(15)17-2)7-8-3-5-9(13)6-4-8/h3-7H,13H2,1-2H3. The van der Waals surface area contributed by atoms with Crippen molar-refractivity contribution in [1.82, 2.24) is 0 Å². The van der Waals surface area contributed by atoms with Gasteiger partial charge in [-0.15, -0.1) is 0 Å². The van der Waals surface area contributed by atoms with Crippen LogP contribution in [0.1, 0.15) is 5.56 Å². The summed E-state index contributed by atoms with van der Waals surface area (Å²) in [6.45, 7) is 0. The van der Waals surface area contributed by atoms with E-state index in [0.717, 1.165) is 0 Å². The van der Waals surface area contributed by atoms with Gasteiger partial charge in [0, 0.05) is 5.69 Å². The van der Waals surface area contributed by atoms with E-state index < -0.39 is 11.9 Å². The van der Waals surface area contributed by atoms with Crippen LogP contribution in [0.4, 0.5) is 5.69 Å². The monoisotopic (exact) mass is 235 g/mol. The Morgan fingerprint density at radius 3 is 1.94 bits per heavy atom. The van der Waals surface area contributed by atoms with E-state index in [4.69, 9.17) is 5.73 Å². The Morgan fingerprint density at radius 1 is 1.06 bits per heavy atom. The highest BCUT2D eigenvalue weighted by molar-refractivity contribution is 6.17. The number of carbonyl (C=O) groups is 2. The molecule has 0 atom stereocenters. The van der Waals surface area contributed by atoms with Gasteiger partial charge in [-0.05, 0) is 23.8 Å². The minimum atomic E-state index is -0.742. The average molecular weight is 235 g/mol. The molecule has 0 saturated heterocycles. The molecular formula is C12H13NO4. The molecule has 0 spiro atoms. The van der Waals surface area contributed by atoms with Crippen molar-refractivity contribution in [2.24, 2.45) is 0 Å². The molecule has 0 saturated carbocycles. The van der Waals surface area contributed by atoms with Crippen LogP contribution in [0.15, 0.2) is 29.8 Å². The molecule has 1 aromatic rings. The number of benzene rings is 1. The summed E-state index contributed by atoms with van der Waals surface area (Å²) in [5.41, 5.74) is 6.61. The molecule has 0 aromatic heterocycles. The van der Waals surface area contributed by atoms with E-state index in [9.17, 15) is 9.59 Å². The highest BCUT2D eigenvalue weighted by Crippen LogP contribution is 2.12. The third-order valence-corrected chi connectivity index (χ3v) is 2.06. The molecule has 0 heterocycles. The Bertz CT molecular complexity index is 430. The van der Waals surface area contributed by atoms with Gasteiger partial charge in [0.2, 0.25) is 0 Å². The minimum absolute atomic E-state index is 0.167. The van der Waals surface area contributed by atoms with Crippen LogP contribution in [-0.4, -0.2) is 26.2 Å². The Morgan fingerprint density at radius 2 is 1.53 bits per heavy atom. The maximum atomic E-state index is 11.4. The fourth-order valence-corrected chi connectivity index (χ4v) is 1.18. The van der Waals surface area contributed by atoms with Gasteiger partial charge in [-0.1, -0.05) is 12.1 Å². The number of esters is 2. The van der Waals surface area contributed by atoms with Crippen LogP contribution in [0.2, 0.25) is 0 Å². The predicted octanol–water partition coefficient (Wildman–Crippen LogP) is 0.998. The van der Waals surface area contributed by atoms with Gasteiger partial charge in [-0.3, -0.25) is 0 Å². The lowest BCUT2D eigenvalue weighted by molar-refractivity contribution is -0.143.